The Labute approximate surface area is 167 Å². The minimum Gasteiger partial charge on any atom is -0.426 e. The number of rotatable bonds is 14. The van der Waals surface area contributed by atoms with Crippen LogP contribution in [0.2, 0.25) is 0 Å². The highest BCUT2D eigenvalue weighted by atomic mass is 16.5. The van der Waals surface area contributed by atoms with Crippen molar-refractivity contribution in [3.63, 3.8) is 0 Å². The number of hydrogen-bond donors (Lipinski definition) is 0. The number of hydrogen-bond acceptors (Lipinski definition) is 2. The lowest BCUT2D eigenvalue weighted by atomic mass is 9.96. The average Bonchev–Trinajstić information content (AvgIpc) is 2.86. The van der Waals surface area contributed by atoms with E-state index in [-0.39, 0.29) is 5.97 Å². The van der Waals surface area contributed by atoms with E-state index < -0.39 is 0 Å². The van der Waals surface area contributed by atoms with Gasteiger partial charge in [0.1, 0.15) is 5.75 Å². The molecule has 0 saturated carbocycles. The molecule has 0 amide bonds. The molecule has 2 nitrogen and oxygen atoms in total. The zero-order chi connectivity index (χ0) is 19.2. The van der Waals surface area contributed by atoms with Crippen LogP contribution >= 0.6 is 0 Å². The number of carbonyl (C=O) groups is 1. The molecule has 0 radical (unpaired) electrons. The molecule has 1 aromatic carbocycles. The van der Waals surface area contributed by atoms with Gasteiger partial charge in [0.25, 0.3) is 0 Å². The first-order valence-electron chi connectivity index (χ1n) is 11.6. The van der Waals surface area contributed by atoms with Crippen molar-refractivity contribution in [3.05, 3.63) is 29.3 Å². The van der Waals surface area contributed by atoms with Gasteiger partial charge in [0.15, 0.2) is 0 Å². The molecule has 2 heteroatoms. The van der Waals surface area contributed by atoms with Crippen LogP contribution in [0.15, 0.2) is 18.2 Å². The zero-order valence-corrected chi connectivity index (χ0v) is 17.6. The Hall–Kier alpha value is -1.31. The number of aryl methyl sites for hydroxylation is 1. The van der Waals surface area contributed by atoms with Crippen LogP contribution in [0.5, 0.6) is 5.75 Å². The van der Waals surface area contributed by atoms with Gasteiger partial charge in [0.05, 0.1) is 0 Å². The number of unbranched alkanes of at least 4 members (excludes halogenated alkanes) is 12. The van der Waals surface area contributed by atoms with Gasteiger partial charge in [-0.1, -0.05) is 96.1 Å². The average molecular weight is 373 g/mol. The first kappa shape index (κ1) is 22.0. The molecule has 0 N–H and O–H groups in total. The molecule has 0 saturated heterocycles. The van der Waals surface area contributed by atoms with E-state index in [4.69, 9.17) is 4.74 Å². The highest BCUT2D eigenvalue weighted by Crippen LogP contribution is 2.29. The minimum absolute atomic E-state index is 0.0770. The standard InChI is InChI=1S/C25H40O2/c1-2-3-4-5-6-7-8-9-10-11-12-13-14-17-22-18-15-20-24-23(22)19-16-21-25(26)27-24/h15,18,20H,2-14,16-17,19,21H2,1H3. The smallest absolute Gasteiger partial charge is 0.311 e. The van der Waals surface area contributed by atoms with Crippen LogP contribution in [-0.2, 0) is 17.6 Å². The Balaban J connectivity index is 1.50. The molecule has 0 spiro atoms. The predicted molar refractivity (Wildman–Crippen MR) is 114 cm³/mol. The molecule has 0 bridgehead atoms. The maximum absolute atomic E-state index is 11.6. The van der Waals surface area contributed by atoms with Crippen LogP contribution in [0.1, 0.15) is 114 Å². The number of esters is 1. The first-order chi connectivity index (χ1) is 13.3. The summed E-state index contributed by atoms with van der Waals surface area (Å²) in [5.74, 6) is 0.733. The van der Waals surface area contributed by atoms with Crippen LogP contribution in [0.25, 0.3) is 0 Å². The number of benzene rings is 1. The molecular formula is C25H40O2. The second-order valence-electron chi connectivity index (χ2n) is 8.21. The molecule has 0 atom stereocenters. The molecule has 1 aromatic rings. The molecule has 1 aliphatic heterocycles. The van der Waals surface area contributed by atoms with Gasteiger partial charge >= 0.3 is 5.97 Å². The summed E-state index contributed by atoms with van der Waals surface area (Å²) in [5, 5.41) is 0. The van der Waals surface area contributed by atoms with E-state index in [1.54, 1.807) is 0 Å². The van der Waals surface area contributed by atoms with E-state index in [9.17, 15) is 4.79 Å². The van der Waals surface area contributed by atoms with E-state index in [1.807, 2.05) is 12.1 Å². The van der Waals surface area contributed by atoms with Gasteiger partial charge in [-0.05, 0) is 42.9 Å². The SMILES string of the molecule is CCCCCCCCCCCCCCCc1cccc2c1CCCC(=O)O2. The lowest BCUT2D eigenvalue weighted by Gasteiger charge is -2.11. The zero-order valence-electron chi connectivity index (χ0n) is 17.6. The van der Waals surface area contributed by atoms with E-state index >= 15 is 0 Å². The third kappa shape index (κ3) is 8.95. The van der Waals surface area contributed by atoms with E-state index in [0.717, 1.165) is 25.0 Å². The van der Waals surface area contributed by atoms with Gasteiger partial charge in [-0.3, -0.25) is 4.79 Å². The molecule has 2 rings (SSSR count). The van der Waals surface area contributed by atoms with Crippen LogP contribution in [-0.4, -0.2) is 5.97 Å². The van der Waals surface area contributed by atoms with Gasteiger partial charge in [-0.2, -0.15) is 0 Å². The van der Waals surface area contributed by atoms with Gasteiger partial charge in [-0.15, -0.1) is 0 Å². The van der Waals surface area contributed by atoms with Crippen LogP contribution in [0.4, 0.5) is 0 Å². The highest BCUT2D eigenvalue weighted by molar-refractivity contribution is 5.73. The first-order valence-corrected chi connectivity index (χ1v) is 11.6. The number of ether oxygens (including phenoxy) is 1. The molecule has 0 unspecified atom stereocenters. The molecular weight excluding hydrogens is 332 g/mol. The summed E-state index contributed by atoms with van der Waals surface area (Å²) in [4.78, 5) is 11.6. The van der Waals surface area contributed by atoms with E-state index in [1.165, 1.54) is 94.6 Å². The lowest BCUT2D eigenvalue weighted by Crippen LogP contribution is -2.05. The molecule has 152 valence electrons. The van der Waals surface area contributed by atoms with Gasteiger partial charge in [0, 0.05) is 6.42 Å². The summed E-state index contributed by atoms with van der Waals surface area (Å²) >= 11 is 0. The maximum Gasteiger partial charge on any atom is 0.311 e. The fourth-order valence-corrected chi connectivity index (χ4v) is 4.14. The summed E-state index contributed by atoms with van der Waals surface area (Å²) in [6.07, 6.45) is 21.7. The van der Waals surface area contributed by atoms with Crippen molar-refractivity contribution < 1.29 is 9.53 Å². The summed E-state index contributed by atoms with van der Waals surface area (Å²) in [7, 11) is 0. The Bertz CT molecular complexity index is 535. The van der Waals surface area contributed by atoms with Gasteiger partial charge in [-0.25, -0.2) is 0 Å². The third-order valence-corrected chi connectivity index (χ3v) is 5.81. The van der Waals surface area contributed by atoms with Crippen LogP contribution in [0, 0.1) is 0 Å². The summed E-state index contributed by atoms with van der Waals surface area (Å²) in [6.45, 7) is 2.28. The second kappa shape index (κ2) is 13.8. The van der Waals surface area contributed by atoms with Crippen LogP contribution < -0.4 is 4.74 Å². The quantitative estimate of drug-likeness (QED) is 0.191. The maximum atomic E-state index is 11.6. The summed E-state index contributed by atoms with van der Waals surface area (Å²) in [6, 6.07) is 6.21. The summed E-state index contributed by atoms with van der Waals surface area (Å²) in [5.41, 5.74) is 2.67. The van der Waals surface area contributed by atoms with Crippen molar-refractivity contribution in [3.8, 4) is 5.75 Å². The van der Waals surface area contributed by atoms with Crippen molar-refractivity contribution in [1.82, 2.24) is 0 Å². The van der Waals surface area contributed by atoms with E-state index in [2.05, 4.69) is 13.0 Å². The summed E-state index contributed by atoms with van der Waals surface area (Å²) < 4.78 is 5.48. The molecule has 0 fully saturated rings. The number of carbonyl (C=O) groups excluding carboxylic acids is 1. The van der Waals surface area contributed by atoms with Crippen molar-refractivity contribution in [2.45, 2.75) is 116 Å². The largest absolute Gasteiger partial charge is 0.426 e. The normalized spacial score (nSPS) is 13.9. The molecule has 1 aliphatic rings. The van der Waals surface area contributed by atoms with Crippen molar-refractivity contribution in [2.75, 3.05) is 0 Å². The van der Waals surface area contributed by atoms with Crippen molar-refractivity contribution in [1.29, 1.82) is 0 Å². The van der Waals surface area contributed by atoms with Crippen molar-refractivity contribution >= 4 is 5.97 Å². The molecule has 0 aliphatic carbocycles. The Morgan fingerprint density at radius 1 is 0.778 bits per heavy atom. The Morgan fingerprint density at radius 3 is 2.00 bits per heavy atom. The van der Waals surface area contributed by atoms with Gasteiger partial charge < -0.3 is 4.74 Å². The Morgan fingerprint density at radius 2 is 1.37 bits per heavy atom. The molecule has 1 heterocycles. The van der Waals surface area contributed by atoms with Gasteiger partial charge in [0.2, 0.25) is 0 Å². The Kier molecular flexibility index (Phi) is 11.2. The minimum atomic E-state index is -0.0770. The van der Waals surface area contributed by atoms with Crippen LogP contribution in [0.3, 0.4) is 0 Å². The predicted octanol–water partition coefficient (Wildman–Crippen LogP) is 7.56. The van der Waals surface area contributed by atoms with E-state index in [0.29, 0.717) is 6.42 Å². The fraction of sp³-hybridized carbons (Fsp3) is 0.720. The second-order valence-corrected chi connectivity index (χ2v) is 8.21. The van der Waals surface area contributed by atoms with Crippen molar-refractivity contribution in [2.24, 2.45) is 0 Å². The monoisotopic (exact) mass is 372 g/mol. The fourth-order valence-electron chi connectivity index (χ4n) is 4.14. The third-order valence-electron chi connectivity index (χ3n) is 5.81. The lowest BCUT2D eigenvalue weighted by molar-refractivity contribution is -0.134. The molecule has 0 aromatic heterocycles. The highest BCUT2D eigenvalue weighted by Gasteiger charge is 2.17. The number of fused-ring (bicyclic) bond motifs is 1. The topological polar surface area (TPSA) is 26.3 Å². The molecule has 27 heavy (non-hydrogen) atoms.